The molecule has 0 radical (unpaired) electrons. The van der Waals surface area contributed by atoms with Gasteiger partial charge in [-0.3, -0.25) is 9.48 Å². The summed E-state index contributed by atoms with van der Waals surface area (Å²) in [6, 6.07) is 9.70. The maximum atomic E-state index is 11.8. The molecule has 0 saturated carbocycles. The molecule has 1 N–H and O–H groups in total. The number of hydrogen-bond acceptors (Lipinski definition) is 2. The lowest BCUT2D eigenvalue weighted by Crippen LogP contribution is -2.25. The van der Waals surface area contributed by atoms with E-state index in [1.165, 1.54) is 0 Å². The molecule has 19 heavy (non-hydrogen) atoms. The van der Waals surface area contributed by atoms with Crippen molar-refractivity contribution in [3.63, 3.8) is 0 Å². The van der Waals surface area contributed by atoms with Crippen molar-refractivity contribution >= 4 is 21.8 Å². The monoisotopic (exact) mass is 321 g/mol. The van der Waals surface area contributed by atoms with Crippen molar-refractivity contribution in [3.8, 4) is 0 Å². The summed E-state index contributed by atoms with van der Waals surface area (Å²) in [5.41, 5.74) is 1.86. The minimum Gasteiger partial charge on any atom is -0.350 e. The highest BCUT2D eigenvalue weighted by Gasteiger charge is 2.08. The zero-order valence-corrected chi connectivity index (χ0v) is 12.4. The third kappa shape index (κ3) is 3.92. The van der Waals surface area contributed by atoms with Gasteiger partial charge in [0.1, 0.15) is 0 Å². The zero-order chi connectivity index (χ0) is 13.7. The van der Waals surface area contributed by atoms with Gasteiger partial charge < -0.3 is 5.32 Å². The number of aryl methyl sites for hydroxylation is 1. The van der Waals surface area contributed by atoms with Crippen molar-refractivity contribution in [2.24, 2.45) is 0 Å². The molecule has 1 aromatic carbocycles. The van der Waals surface area contributed by atoms with Gasteiger partial charge in [-0.1, -0.05) is 30.3 Å². The number of hydrogen-bond donors (Lipinski definition) is 1. The number of nitrogens with zero attached hydrogens (tertiary/aromatic N) is 2. The van der Waals surface area contributed by atoms with Crippen LogP contribution in [0.4, 0.5) is 0 Å². The SMILES string of the molecule is CCn1cc(Br)c(CNC(=O)Cc2ccccc2)n1. The number of amides is 1. The Morgan fingerprint density at radius 3 is 2.74 bits per heavy atom. The molecule has 0 spiro atoms. The predicted molar refractivity (Wildman–Crippen MR) is 77.6 cm³/mol. The number of carbonyl (C=O) groups excluding carboxylic acids is 1. The van der Waals surface area contributed by atoms with E-state index in [0.717, 1.165) is 22.3 Å². The van der Waals surface area contributed by atoms with Crippen LogP contribution >= 0.6 is 15.9 Å². The number of carbonyl (C=O) groups is 1. The van der Waals surface area contributed by atoms with Gasteiger partial charge in [-0.2, -0.15) is 5.10 Å². The second kappa shape index (κ2) is 6.52. The Bertz CT molecular complexity index is 551. The molecule has 0 bridgehead atoms. The zero-order valence-electron chi connectivity index (χ0n) is 10.8. The molecule has 1 amide bonds. The Kier molecular flexibility index (Phi) is 4.74. The van der Waals surface area contributed by atoms with Gasteiger partial charge in [-0.25, -0.2) is 0 Å². The normalized spacial score (nSPS) is 10.4. The van der Waals surface area contributed by atoms with E-state index in [9.17, 15) is 4.79 Å². The first-order valence-electron chi connectivity index (χ1n) is 6.21. The first kappa shape index (κ1) is 13.8. The summed E-state index contributed by atoms with van der Waals surface area (Å²) in [5, 5.41) is 7.24. The first-order valence-corrected chi connectivity index (χ1v) is 7.00. The predicted octanol–water partition coefficient (Wildman–Crippen LogP) is 2.52. The maximum absolute atomic E-state index is 11.8. The van der Waals surface area contributed by atoms with E-state index < -0.39 is 0 Å². The molecule has 2 aromatic rings. The van der Waals surface area contributed by atoms with Gasteiger partial charge in [0.15, 0.2) is 0 Å². The van der Waals surface area contributed by atoms with E-state index in [1.54, 1.807) is 0 Å². The van der Waals surface area contributed by atoms with Crippen LogP contribution in [0.25, 0.3) is 0 Å². The van der Waals surface area contributed by atoms with Crippen molar-refractivity contribution < 1.29 is 4.79 Å². The largest absolute Gasteiger partial charge is 0.350 e. The first-order chi connectivity index (χ1) is 9.19. The quantitative estimate of drug-likeness (QED) is 0.919. The van der Waals surface area contributed by atoms with Crippen molar-refractivity contribution in [3.05, 3.63) is 52.3 Å². The van der Waals surface area contributed by atoms with E-state index in [1.807, 2.05) is 48.1 Å². The molecule has 0 aliphatic rings. The third-order valence-electron chi connectivity index (χ3n) is 2.77. The number of rotatable bonds is 5. The summed E-state index contributed by atoms with van der Waals surface area (Å²) in [7, 11) is 0. The Hall–Kier alpha value is -1.62. The van der Waals surface area contributed by atoms with E-state index in [2.05, 4.69) is 26.3 Å². The summed E-state index contributed by atoms with van der Waals surface area (Å²) in [6.45, 7) is 3.28. The average Bonchev–Trinajstić information content (AvgIpc) is 2.78. The summed E-state index contributed by atoms with van der Waals surface area (Å²) < 4.78 is 2.76. The fourth-order valence-electron chi connectivity index (χ4n) is 1.74. The Balaban J connectivity index is 1.88. The molecule has 0 unspecified atom stereocenters. The highest BCUT2D eigenvalue weighted by atomic mass is 79.9. The van der Waals surface area contributed by atoms with E-state index >= 15 is 0 Å². The van der Waals surface area contributed by atoms with Crippen molar-refractivity contribution in [2.75, 3.05) is 0 Å². The molecular formula is C14H16BrN3O. The molecule has 0 atom stereocenters. The number of aromatic nitrogens is 2. The number of benzene rings is 1. The molecule has 100 valence electrons. The van der Waals surface area contributed by atoms with E-state index in [4.69, 9.17) is 0 Å². The third-order valence-corrected chi connectivity index (χ3v) is 3.43. The Labute approximate surface area is 120 Å². The average molecular weight is 322 g/mol. The fourth-order valence-corrected chi connectivity index (χ4v) is 2.20. The van der Waals surface area contributed by atoms with Crippen LogP contribution in [0, 0.1) is 0 Å². The van der Waals surface area contributed by atoms with Gasteiger partial charge in [-0.15, -0.1) is 0 Å². The van der Waals surface area contributed by atoms with Crippen LogP contribution in [0.15, 0.2) is 41.0 Å². The van der Waals surface area contributed by atoms with Gasteiger partial charge in [0, 0.05) is 12.7 Å². The lowest BCUT2D eigenvalue weighted by atomic mass is 10.1. The Morgan fingerprint density at radius 1 is 1.37 bits per heavy atom. The van der Waals surface area contributed by atoms with Gasteiger partial charge in [0.25, 0.3) is 0 Å². The van der Waals surface area contributed by atoms with E-state index in [0.29, 0.717) is 13.0 Å². The molecule has 0 aliphatic heterocycles. The van der Waals surface area contributed by atoms with Gasteiger partial charge in [0.2, 0.25) is 5.91 Å². The van der Waals surface area contributed by atoms with Gasteiger partial charge in [-0.05, 0) is 28.4 Å². The molecule has 0 saturated heterocycles. The Morgan fingerprint density at radius 2 is 2.11 bits per heavy atom. The minimum atomic E-state index is 0.00384. The smallest absolute Gasteiger partial charge is 0.224 e. The molecule has 0 aliphatic carbocycles. The van der Waals surface area contributed by atoms with Crippen LogP contribution in [0.2, 0.25) is 0 Å². The lowest BCUT2D eigenvalue weighted by Gasteiger charge is -2.04. The van der Waals surface area contributed by atoms with Crippen LogP contribution in [-0.2, 0) is 24.3 Å². The van der Waals surface area contributed by atoms with Crippen molar-refractivity contribution in [1.82, 2.24) is 15.1 Å². The second-order valence-corrected chi connectivity index (χ2v) is 5.07. The summed E-state index contributed by atoms with van der Waals surface area (Å²) in [6.07, 6.45) is 2.31. The molecule has 2 rings (SSSR count). The van der Waals surface area contributed by atoms with Crippen LogP contribution < -0.4 is 5.32 Å². The summed E-state index contributed by atoms with van der Waals surface area (Å²) in [4.78, 5) is 11.8. The molecular weight excluding hydrogens is 306 g/mol. The van der Waals surface area contributed by atoms with Crippen molar-refractivity contribution in [1.29, 1.82) is 0 Å². The summed E-state index contributed by atoms with van der Waals surface area (Å²) in [5.74, 6) is 0.00384. The molecule has 1 aromatic heterocycles. The number of nitrogens with one attached hydrogen (secondary N) is 1. The van der Waals surface area contributed by atoms with Gasteiger partial charge >= 0.3 is 0 Å². The standard InChI is InChI=1S/C14H16BrN3O/c1-2-18-10-12(15)13(17-18)9-16-14(19)8-11-6-4-3-5-7-11/h3-7,10H,2,8-9H2,1H3,(H,16,19). The lowest BCUT2D eigenvalue weighted by molar-refractivity contribution is -0.120. The highest BCUT2D eigenvalue weighted by molar-refractivity contribution is 9.10. The maximum Gasteiger partial charge on any atom is 0.224 e. The van der Waals surface area contributed by atoms with Crippen LogP contribution in [-0.4, -0.2) is 15.7 Å². The fraction of sp³-hybridized carbons (Fsp3) is 0.286. The topological polar surface area (TPSA) is 46.9 Å². The molecule has 4 nitrogen and oxygen atoms in total. The molecule has 1 heterocycles. The molecule has 5 heteroatoms. The van der Waals surface area contributed by atoms with Crippen LogP contribution in [0.1, 0.15) is 18.2 Å². The van der Waals surface area contributed by atoms with E-state index in [-0.39, 0.29) is 5.91 Å². The van der Waals surface area contributed by atoms with Gasteiger partial charge in [0.05, 0.1) is 23.1 Å². The number of halogens is 1. The van der Waals surface area contributed by atoms with Crippen LogP contribution in [0.3, 0.4) is 0 Å². The molecule has 0 fully saturated rings. The second-order valence-electron chi connectivity index (χ2n) is 4.22. The van der Waals surface area contributed by atoms with Crippen molar-refractivity contribution in [2.45, 2.75) is 26.4 Å². The minimum absolute atomic E-state index is 0.00384. The van der Waals surface area contributed by atoms with Crippen LogP contribution in [0.5, 0.6) is 0 Å². The highest BCUT2D eigenvalue weighted by Crippen LogP contribution is 2.14. The summed E-state index contributed by atoms with van der Waals surface area (Å²) >= 11 is 3.44.